The molecule has 0 aromatic rings. The Balaban J connectivity index is 2.01. The number of aliphatic hydroxyl groups excluding tert-OH is 1. The number of carbonyl (C=O) groups is 3. The van der Waals surface area contributed by atoms with Crippen molar-refractivity contribution in [3.63, 3.8) is 0 Å². The van der Waals surface area contributed by atoms with Gasteiger partial charge in [-0.25, -0.2) is 0 Å². The summed E-state index contributed by atoms with van der Waals surface area (Å²) in [4.78, 5) is 41.6. The van der Waals surface area contributed by atoms with Crippen molar-refractivity contribution in [2.24, 2.45) is 17.8 Å². The minimum atomic E-state index is -0.660. The molecular weight excluding hydrogens is 404 g/mol. The molecule has 2 N–H and O–H groups in total. The van der Waals surface area contributed by atoms with Crippen LogP contribution in [0.5, 0.6) is 0 Å². The highest BCUT2D eigenvalue weighted by Gasteiger charge is 2.74. The number of thioether (sulfide) groups is 1. The quantitative estimate of drug-likeness (QED) is 0.398. The number of unbranched alkanes of at least 4 members (excludes halogenated alkanes) is 1. The average Bonchev–Trinajstić information content (AvgIpc) is 3.36. The van der Waals surface area contributed by atoms with E-state index in [2.05, 4.69) is 12.2 Å². The summed E-state index contributed by atoms with van der Waals surface area (Å²) in [7, 11) is 0. The van der Waals surface area contributed by atoms with Crippen LogP contribution < -0.4 is 5.32 Å². The Morgan fingerprint density at radius 3 is 2.70 bits per heavy atom. The van der Waals surface area contributed by atoms with Gasteiger partial charge >= 0.3 is 5.97 Å². The Hall–Kier alpha value is -1.28. The summed E-state index contributed by atoms with van der Waals surface area (Å²) in [5.41, 5.74) is 0. The number of esters is 1. The van der Waals surface area contributed by atoms with E-state index < -0.39 is 28.7 Å². The number of hydrogen-bond acceptors (Lipinski definition) is 6. The molecule has 0 aromatic heterocycles. The van der Waals surface area contributed by atoms with Crippen LogP contribution in [0.3, 0.4) is 0 Å². The van der Waals surface area contributed by atoms with E-state index in [0.717, 1.165) is 32.1 Å². The average molecular weight is 441 g/mol. The zero-order chi connectivity index (χ0) is 22.1. The molecule has 8 heteroatoms. The third-order valence-corrected chi connectivity index (χ3v) is 9.17. The number of likely N-dealkylation sites (tertiary alicyclic amines) is 1. The molecule has 7 nitrogen and oxygen atoms in total. The molecule has 3 aliphatic heterocycles. The standard InChI is InChI=1S/C22H36N2O5S/c1-5-8-11-23-19(26)18-22-10-9-15(30-22)16(21(28)29-7-3)17(22)20(27)24(18)14(12-25)13(4)6-2/h13-18,25H,5-12H2,1-4H3,(H,23,26)/t13-,14-,15-,16+,17-,18?,22?/m0/s1. The predicted octanol–water partition coefficient (Wildman–Crippen LogP) is 1.96. The van der Waals surface area contributed by atoms with Gasteiger partial charge in [0.2, 0.25) is 11.8 Å². The predicted molar refractivity (Wildman–Crippen MR) is 116 cm³/mol. The fourth-order valence-electron chi connectivity index (χ4n) is 5.55. The molecular formula is C22H36N2O5S. The van der Waals surface area contributed by atoms with Gasteiger partial charge in [-0.1, -0.05) is 33.6 Å². The van der Waals surface area contributed by atoms with E-state index in [1.807, 2.05) is 13.8 Å². The van der Waals surface area contributed by atoms with Crippen molar-refractivity contribution in [3.8, 4) is 0 Å². The Morgan fingerprint density at radius 1 is 1.37 bits per heavy atom. The second-order valence-corrected chi connectivity index (χ2v) is 10.4. The maximum atomic E-state index is 13.8. The van der Waals surface area contributed by atoms with Crippen LogP contribution in [0.1, 0.15) is 59.8 Å². The van der Waals surface area contributed by atoms with Crippen LogP contribution in [-0.4, -0.2) is 69.6 Å². The number of hydrogen-bond donors (Lipinski definition) is 2. The number of rotatable bonds is 10. The SMILES string of the molecule is CCCCNC(=O)C1N([C@@H](CO)[C@@H](C)CC)C(=O)[C@@H]2[C@H](C(=O)OCC)[C@@H]3CCC12S3. The summed E-state index contributed by atoms with van der Waals surface area (Å²) in [6, 6.07) is -1.10. The van der Waals surface area contributed by atoms with Gasteiger partial charge in [0.15, 0.2) is 0 Å². The fraction of sp³-hybridized carbons (Fsp3) is 0.864. The van der Waals surface area contributed by atoms with E-state index in [1.165, 1.54) is 0 Å². The van der Waals surface area contributed by atoms with Crippen LogP contribution >= 0.6 is 11.8 Å². The lowest BCUT2D eigenvalue weighted by molar-refractivity contribution is -0.154. The first-order valence-corrected chi connectivity index (χ1v) is 12.3. The van der Waals surface area contributed by atoms with Gasteiger partial charge in [0, 0.05) is 11.8 Å². The smallest absolute Gasteiger partial charge is 0.310 e. The molecule has 7 atom stereocenters. The summed E-state index contributed by atoms with van der Waals surface area (Å²) in [5, 5.41) is 13.2. The first-order valence-electron chi connectivity index (χ1n) is 11.4. The van der Waals surface area contributed by atoms with Gasteiger partial charge in [-0.2, -0.15) is 0 Å². The van der Waals surface area contributed by atoms with Gasteiger partial charge in [-0.05, 0) is 32.1 Å². The first-order chi connectivity index (χ1) is 14.4. The summed E-state index contributed by atoms with van der Waals surface area (Å²) in [6.45, 7) is 8.50. The zero-order valence-electron chi connectivity index (χ0n) is 18.6. The second kappa shape index (κ2) is 9.47. The van der Waals surface area contributed by atoms with Crippen LogP contribution in [0.25, 0.3) is 0 Å². The Kier molecular flexibility index (Phi) is 7.38. The number of carbonyl (C=O) groups excluding carboxylic acids is 3. The first kappa shape index (κ1) is 23.4. The van der Waals surface area contributed by atoms with Crippen LogP contribution in [0.4, 0.5) is 0 Å². The summed E-state index contributed by atoms with van der Waals surface area (Å²) >= 11 is 1.64. The lowest BCUT2D eigenvalue weighted by Gasteiger charge is -2.39. The van der Waals surface area contributed by atoms with Crippen molar-refractivity contribution in [3.05, 3.63) is 0 Å². The molecule has 30 heavy (non-hydrogen) atoms. The van der Waals surface area contributed by atoms with Gasteiger partial charge < -0.3 is 20.1 Å². The second-order valence-electron chi connectivity index (χ2n) is 8.83. The topological polar surface area (TPSA) is 95.9 Å². The molecule has 3 rings (SSSR count). The van der Waals surface area contributed by atoms with Gasteiger partial charge in [0.25, 0.3) is 0 Å². The third kappa shape index (κ3) is 3.64. The molecule has 2 amide bonds. The highest BCUT2D eigenvalue weighted by Crippen LogP contribution is 2.66. The number of amides is 2. The number of aliphatic hydroxyl groups is 1. The van der Waals surface area contributed by atoms with E-state index in [9.17, 15) is 19.5 Å². The molecule has 3 heterocycles. The van der Waals surface area contributed by atoms with Crippen molar-refractivity contribution in [1.29, 1.82) is 0 Å². The molecule has 2 unspecified atom stereocenters. The molecule has 2 bridgehead atoms. The highest BCUT2D eigenvalue weighted by molar-refractivity contribution is 8.02. The van der Waals surface area contributed by atoms with Crippen LogP contribution in [0.15, 0.2) is 0 Å². The van der Waals surface area contributed by atoms with Gasteiger partial charge in [-0.3, -0.25) is 14.4 Å². The van der Waals surface area contributed by atoms with E-state index in [0.29, 0.717) is 6.54 Å². The summed E-state index contributed by atoms with van der Waals surface area (Å²) in [5.74, 6) is -1.67. The number of ether oxygens (including phenoxy) is 1. The molecule has 3 aliphatic rings. The number of nitrogens with one attached hydrogen (secondary N) is 1. The molecule has 0 saturated carbocycles. The minimum absolute atomic E-state index is 0.0160. The Morgan fingerprint density at radius 2 is 2.10 bits per heavy atom. The van der Waals surface area contributed by atoms with Crippen LogP contribution in [0.2, 0.25) is 0 Å². The lowest BCUT2D eigenvalue weighted by Crippen LogP contribution is -2.57. The van der Waals surface area contributed by atoms with Gasteiger partial charge in [-0.15, -0.1) is 11.8 Å². The molecule has 170 valence electrons. The van der Waals surface area contributed by atoms with Crippen molar-refractivity contribution in [2.45, 2.75) is 81.9 Å². The molecule has 0 radical (unpaired) electrons. The molecule has 0 aromatic carbocycles. The van der Waals surface area contributed by atoms with Gasteiger partial charge in [0.05, 0.1) is 35.8 Å². The van der Waals surface area contributed by atoms with Crippen molar-refractivity contribution in [2.75, 3.05) is 19.8 Å². The van der Waals surface area contributed by atoms with Crippen molar-refractivity contribution < 1.29 is 24.2 Å². The Labute approximate surface area is 183 Å². The van der Waals surface area contributed by atoms with Crippen molar-refractivity contribution >= 4 is 29.5 Å². The highest BCUT2D eigenvalue weighted by atomic mass is 32.2. The van der Waals surface area contributed by atoms with Gasteiger partial charge in [0.1, 0.15) is 6.04 Å². The molecule has 3 saturated heterocycles. The summed E-state index contributed by atoms with van der Waals surface area (Å²) in [6.07, 6.45) is 4.16. The minimum Gasteiger partial charge on any atom is -0.466 e. The number of nitrogens with zero attached hydrogens (tertiary/aromatic N) is 1. The zero-order valence-corrected chi connectivity index (χ0v) is 19.4. The Bertz CT molecular complexity index is 674. The molecule has 1 spiro atoms. The normalized spacial score (nSPS) is 34.0. The monoisotopic (exact) mass is 440 g/mol. The maximum absolute atomic E-state index is 13.8. The summed E-state index contributed by atoms with van der Waals surface area (Å²) < 4.78 is 4.71. The van der Waals surface area contributed by atoms with E-state index in [-0.39, 0.29) is 42.2 Å². The van der Waals surface area contributed by atoms with Crippen molar-refractivity contribution in [1.82, 2.24) is 10.2 Å². The number of fused-ring (bicyclic) bond motifs is 1. The van der Waals surface area contributed by atoms with Crippen LogP contribution in [-0.2, 0) is 19.1 Å². The third-order valence-electron chi connectivity index (χ3n) is 7.22. The van der Waals surface area contributed by atoms with E-state index >= 15 is 0 Å². The largest absolute Gasteiger partial charge is 0.466 e. The fourth-order valence-corrected chi connectivity index (χ4v) is 7.75. The molecule has 0 aliphatic carbocycles. The van der Waals surface area contributed by atoms with Crippen LogP contribution in [0, 0.1) is 17.8 Å². The maximum Gasteiger partial charge on any atom is 0.310 e. The molecule has 3 fully saturated rings. The van der Waals surface area contributed by atoms with E-state index in [4.69, 9.17) is 4.74 Å². The lowest BCUT2D eigenvalue weighted by atomic mass is 9.71. The van der Waals surface area contributed by atoms with E-state index in [1.54, 1.807) is 23.6 Å².